The normalized spacial score (nSPS) is 12.0. The van der Waals surface area contributed by atoms with Gasteiger partial charge in [-0.05, 0) is 43.2 Å². The lowest BCUT2D eigenvalue weighted by atomic mass is 10.2. The molecule has 120 valence electrons. The van der Waals surface area contributed by atoms with Crippen LogP contribution in [0.5, 0.6) is 0 Å². The fourth-order valence-electron chi connectivity index (χ4n) is 2.59. The minimum atomic E-state index is -3.57. The van der Waals surface area contributed by atoms with Gasteiger partial charge in [-0.15, -0.1) is 0 Å². The summed E-state index contributed by atoms with van der Waals surface area (Å²) in [5.41, 5.74) is 3.48. The van der Waals surface area contributed by atoms with E-state index in [0.29, 0.717) is 10.7 Å². The molecule has 1 aromatic heterocycles. The topological polar surface area (TPSA) is 64.0 Å². The van der Waals surface area contributed by atoms with Crippen molar-refractivity contribution in [1.82, 2.24) is 14.3 Å². The molecule has 0 saturated carbocycles. The van der Waals surface area contributed by atoms with Crippen molar-refractivity contribution in [3.8, 4) is 0 Å². The first-order valence-corrected chi connectivity index (χ1v) is 8.84. The Morgan fingerprint density at radius 1 is 1.13 bits per heavy atom. The fourth-order valence-corrected chi connectivity index (χ4v) is 3.90. The van der Waals surface area contributed by atoms with E-state index in [1.807, 2.05) is 54.9 Å². The van der Waals surface area contributed by atoms with E-state index in [9.17, 15) is 8.42 Å². The third-order valence-corrected chi connectivity index (χ3v) is 5.48. The average Bonchev–Trinajstić information content (AvgIpc) is 2.84. The van der Waals surface area contributed by atoms with E-state index in [1.165, 1.54) is 0 Å². The number of hydrogen-bond acceptors (Lipinski definition) is 3. The van der Waals surface area contributed by atoms with Gasteiger partial charge >= 0.3 is 0 Å². The van der Waals surface area contributed by atoms with Crippen LogP contribution in [0.4, 0.5) is 0 Å². The second-order valence-corrected chi connectivity index (χ2v) is 7.40. The molecule has 0 aliphatic carbocycles. The summed E-state index contributed by atoms with van der Waals surface area (Å²) in [6.45, 7) is 3.83. The number of nitrogens with zero attached hydrogens (tertiary/aromatic N) is 2. The molecule has 6 heteroatoms. The standard InChI is InChI=1S/C17H19N3O2S/c1-12-8-9-13(2)16(10-12)23(21,22)18-11-17-19-14-6-4-5-7-15(14)20(17)3/h4-10,18H,11H2,1-3H3. The van der Waals surface area contributed by atoms with E-state index in [1.54, 1.807) is 13.0 Å². The summed E-state index contributed by atoms with van der Waals surface area (Å²) in [7, 11) is -1.68. The highest BCUT2D eigenvalue weighted by Gasteiger charge is 2.18. The predicted molar refractivity (Wildman–Crippen MR) is 90.7 cm³/mol. The molecule has 0 fully saturated rings. The molecule has 0 spiro atoms. The van der Waals surface area contributed by atoms with Crippen LogP contribution in [0.1, 0.15) is 17.0 Å². The maximum Gasteiger partial charge on any atom is 0.241 e. The molecule has 2 aromatic carbocycles. The van der Waals surface area contributed by atoms with Gasteiger partial charge in [0.05, 0.1) is 22.5 Å². The number of para-hydroxylation sites is 2. The smallest absolute Gasteiger partial charge is 0.241 e. The maximum absolute atomic E-state index is 12.6. The zero-order valence-corrected chi connectivity index (χ0v) is 14.2. The minimum Gasteiger partial charge on any atom is -0.330 e. The summed E-state index contributed by atoms with van der Waals surface area (Å²) in [6, 6.07) is 13.1. The van der Waals surface area contributed by atoms with Crippen LogP contribution in [-0.2, 0) is 23.6 Å². The SMILES string of the molecule is Cc1ccc(C)c(S(=O)(=O)NCc2nc3ccccc3n2C)c1. The molecule has 5 nitrogen and oxygen atoms in total. The Morgan fingerprint density at radius 2 is 1.87 bits per heavy atom. The number of imidazole rings is 1. The van der Waals surface area contributed by atoms with Crippen LogP contribution < -0.4 is 4.72 Å². The number of benzene rings is 2. The van der Waals surface area contributed by atoms with Crippen LogP contribution in [0.15, 0.2) is 47.4 Å². The largest absolute Gasteiger partial charge is 0.330 e. The van der Waals surface area contributed by atoms with E-state index in [-0.39, 0.29) is 6.54 Å². The molecule has 3 rings (SSSR count). The fraction of sp³-hybridized carbons (Fsp3) is 0.235. The number of sulfonamides is 1. The Morgan fingerprint density at radius 3 is 2.61 bits per heavy atom. The van der Waals surface area contributed by atoms with E-state index >= 15 is 0 Å². The molecule has 23 heavy (non-hydrogen) atoms. The van der Waals surface area contributed by atoms with Gasteiger partial charge in [-0.1, -0.05) is 24.3 Å². The highest BCUT2D eigenvalue weighted by Crippen LogP contribution is 2.18. The van der Waals surface area contributed by atoms with Crippen molar-refractivity contribution in [2.24, 2.45) is 7.05 Å². The second-order valence-electron chi connectivity index (χ2n) is 5.67. The lowest BCUT2D eigenvalue weighted by molar-refractivity contribution is 0.577. The zero-order chi connectivity index (χ0) is 16.6. The average molecular weight is 329 g/mol. The lowest BCUT2D eigenvalue weighted by Gasteiger charge is -2.10. The summed E-state index contributed by atoms with van der Waals surface area (Å²) < 4.78 is 29.7. The zero-order valence-electron chi connectivity index (χ0n) is 13.4. The molecule has 0 atom stereocenters. The molecule has 0 amide bonds. The lowest BCUT2D eigenvalue weighted by Crippen LogP contribution is -2.25. The van der Waals surface area contributed by atoms with Gasteiger partial charge in [0.2, 0.25) is 10.0 Å². The Kier molecular flexibility index (Phi) is 3.95. The van der Waals surface area contributed by atoms with Crippen molar-refractivity contribution in [2.45, 2.75) is 25.3 Å². The Labute approximate surface area is 136 Å². The van der Waals surface area contributed by atoms with Gasteiger partial charge in [-0.2, -0.15) is 0 Å². The van der Waals surface area contributed by atoms with Crippen LogP contribution in [0.2, 0.25) is 0 Å². The van der Waals surface area contributed by atoms with E-state index < -0.39 is 10.0 Å². The highest BCUT2D eigenvalue weighted by atomic mass is 32.2. The summed E-state index contributed by atoms with van der Waals surface area (Å²) in [4.78, 5) is 4.80. The first kappa shape index (κ1) is 15.7. The molecule has 0 unspecified atom stereocenters. The van der Waals surface area contributed by atoms with Crippen molar-refractivity contribution in [1.29, 1.82) is 0 Å². The number of fused-ring (bicyclic) bond motifs is 1. The Balaban J connectivity index is 1.89. The van der Waals surface area contributed by atoms with Gasteiger partial charge < -0.3 is 4.57 Å². The summed E-state index contributed by atoms with van der Waals surface area (Å²) >= 11 is 0. The highest BCUT2D eigenvalue weighted by molar-refractivity contribution is 7.89. The van der Waals surface area contributed by atoms with Crippen molar-refractivity contribution < 1.29 is 8.42 Å². The maximum atomic E-state index is 12.6. The third kappa shape index (κ3) is 3.00. The first-order valence-electron chi connectivity index (χ1n) is 7.36. The number of nitrogens with one attached hydrogen (secondary N) is 1. The van der Waals surface area contributed by atoms with Gasteiger partial charge in [-0.25, -0.2) is 18.1 Å². The van der Waals surface area contributed by atoms with Crippen LogP contribution >= 0.6 is 0 Å². The van der Waals surface area contributed by atoms with Crippen LogP contribution in [-0.4, -0.2) is 18.0 Å². The van der Waals surface area contributed by atoms with Crippen LogP contribution in [0, 0.1) is 13.8 Å². The number of rotatable bonds is 4. The van der Waals surface area contributed by atoms with Crippen molar-refractivity contribution >= 4 is 21.1 Å². The monoisotopic (exact) mass is 329 g/mol. The second kappa shape index (κ2) is 5.79. The van der Waals surface area contributed by atoms with Crippen LogP contribution in [0.3, 0.4) is 0 Å². The summed E-state index contributed by atoms with van der Waals surface area (Å²) in [5, 5.41) is 0. The van der Waals surface area contributed by atoms with E-state index in [4.69, 9.17) is 0 Å². The van der Waals surface area contributed by atoms with E-state index in [2.05, 4.69) is 9.71 Å². The van der Waals surface area contributed by atoms with Gasteiger partial charge in [0.25, 0.3) is 0 Å². The predicted octanol–water partition coefficient (Wildman–Crippen LogP) is 2.67. The Bertz CT molecular complexity index is 975. The molecule has 0 aliphatic heterocycles. The first-order chi connectivity index (χ1) is 10.9. The molecule has 3 aromatic rings. The summed E-state index contributed by atoms with van der Waals surface area (Å²) in [5.74, 6) is 0.681. The molecule has 0 saturated heterocycles. The van der Waals surface area contributed by atoms with Gasteiger partial charge in [-0.3, -0.25) is 0 Å². The van der Waals surface area contributed by atoms with Crippen molar-refractivity contribution in [2.75, 3.05) is 0 Å². The molecule has 1 heterocycles. The third-order valence-electron chi connectivity index (χ3n) is 3.93. The number of aromatic nitrogens is 2. The van der Waals surface area contributed by atoms with Crippen molar-refractivity contribution in [3.63, 3.8) is 0 Å². The van der Waals surface area contributed by atoms with Crippen LogP contribution in [0.25, 0.3) is 11.0 Å². The van der Waals surface area contributed by atoms with Gasteiger partial charge in [0.1, 0.15) is 5.82 Å². The number of aryl methyl sites for hydroxylation is 3. The molecule has 1 N–H and O–H groups in total. The van der Waals surface area contributed by atoms with E-state index in [0.717, 1.165) is 22.2 Å². The molecular formula is C17H19N3O2S. The quantitative estimate of drug-likeness (QED) is 0.800. The minimum absolute atomic E-state index is 0.154. The summed E-state index contributed by atoms with van der Waals surface area (Å²) in [6.07, 6.45) is 0. The Hall–Kier alpha value is -2.18. The molecule has 0 radical (unpaired) electrons. The molecule has 0 bridgehead atoms. The molecular weight excluding hydrogens is 310 g/mol. The van der Waals surface area contributed by atoms with Gasteiger partial charge in [0.15, 0.2) is 0 Å². The molecule has 0 aliphatic rings. The van der Waals surface area contributed by atoms with Gasteiger partial charge in [0, 0.05) is 7.05 Å². The number of hydrogen-bond donors (Lipinski definition) is 1. The van der Waals surface area contributed by atoms with Crippen molar-refractivity contribution in [3.05, 3.63) is 59.4 Å².